The molecule has 0 atom stereocenters. The molecule has 0 radical (unpaired) electrons. The van der Waals surface area contributed by atoms with Crippen LogP contribution in [-0.2, 0) is 24.4 Å². The van der Waals surface area contributed by atoms with Gasteiger partial charge in [0.25, 0.3) is 5.56 Å². The van der Waals surface area contributed by atoms with Gasteiger partial charge in [-0.15, -0.1) is 0 Å². The van der Waals surface area contributed by atoms with Crippen LogP contribution in [0.25, 0.3) is 11.0 Å². The molecule has 0 aliphatic rings. The van der Waals surface area contributed by atoms with E-state index in [1.54, 1.807) is 24.4 Å². The minimum Gasteiger partial charge on any atom is -0.350 e. The first-order valence-electron chi connectivity index (χ1n) is 7.60. The molecule has 3 aromatic rings. The first-order chi connectivity index (χ1) is 12.0. The van der Waals surface area contributed by atoms with Crippen LogP contribution in [-0.4, -0.2) is 19.4 Å². The van der Waals surface area contributed by atoms with Gasteiger partial charge in [0.05, 0.1) is 5.52 Å². The van der Waals surface area contributed by atoms with Crippen LogP contribution in [0.1, 0.15) is 12.5 Å². The summed E-state index contributed by atoms with van der Waals surface area (Å²) < 4.78 is 19.2. The summed E-state index contributed by atoms with van der Waals surface area (Å²) in [5.41, 5.74) is 0.270. The molecule has 1 aromatic carbocycles. The lowest BCUT2D eigenvalue weighted by molar-refractivity contribution is -0.121. The monoisotopic (exact) mass is 362 g/mol. The number of rotatable bonds is 5. The van der Waals surface area contributed by atoms with Gasteiger partial charge in [0.1, 0.15) is 12.4 Å². The van der Waals surface area contributed by atoms with Crippen molar-refractivity contribution in [3.8, 4) is 0 Å². The number of fused-ring (bicyclic) bond motifs is 1. The van der Waals surface area contributed by atoms with Crippen molar-refractivity contribution in [2.45, 2.75) is 26.6 Å². The number of amides is 1. The van der Waals surface area contributed by atoms with Crippen LogP contribution in [0.2, 0.25) is 0 Å². The lowest BCUT2D eigenvalue weighted by Crippen LogP contribution is -2.42. The molecule has 2 aromatic heterocycles. The van der Waals surface area contributed by atoms with Gasteiger partial charge < -0.3 is 5.32 Å². The van der Waals surface area contributed by atoms with Crippen LogP contribution >= 0.6 is 11.5 Å². The van der Waals surface area contributed by atoms with Crippen molar-refractivity contribution >= 4 is 28.5 Å². The fourth-order valence-electron chi connectivity index (χ4n) is 2.47. The zero-order valence-electron chi connectivity index (χ0n) is 13.4. The maximum atomic E-state index is 12.9. The van der Waals surface area contributed by atoms with Gasteiger partial charge in [-0.1, -0.05) is 12.1 Å². The van der Waals surface area contributed by atoms with Gasteiger partial charge >= 0.3 is 5.69 Å². The van der Waals surface area contributed by atoms with E-state index in [4.69, 9.17) is 0 Å². The molecule has 0 spiro atoms. The molecule has 0 aliphatic carbocycles. The molecule has 0 saturated carbocycles. The highest BCUT2D eigenvalue weighted by atomic mass is 32.1. The highest BCUT2D eigenvalue weighted by Crippen LogP contribution is 2.09. The van der Waals surface area contributed by atoms with Crippen molar-refractivity contribution in [3.63, 3.8) is 0 Å². The number of hydrogen-bond donors (Lipinski definition) is 1. The molecule has 0 fully saturated rings. The summed E-state index contributed by atoms with van der Waals surface area (Å²) in [5.74, 6) is -0.740. The van der Waals surface area contributed by atoms with Crippen LogP contribution in [0.5, 0.6) is 0 Å². The normalized spacial score (nSPS) is 11.0. The molecule has 0 bridgehead atoms. The van der Waals surface area contributed by atoms with E-state index < -0.39 is 11.2 Å². The third kappa shape index (κ3) is 3.36. The van der Waals surface area contributed by atoms with E-state index in [-0.39, 0.29) is 36.9 Å². The standard InChI is InChI=1S/C16H15FN4O3S/c1-2-20-15(23)14-12(9-25-19-14)21(16(20)24)8-13(22)18-7-10-3-5-11(17)6-4-10/h3-6,9H,2,7-8H2,1H3,(H,18,22). The average molecular weight is 362 g/mol. The van der Waals surface area contributed by atoms with E-state index in [9.17, 15) is 18.8 Å². The summed E-state index contributed by atoms with van der Waals surface area (Å²) in [6.45, 7) is 1.86. The molecule has 130 valence electrons. The van der Waals surface area contributed by atoms with E-state index in [0.29, 0.717) is 5.52 Å². The van der Waals surface area contributed by atoms with Crippen molar-refractivity contribution in [2.75, 3.05) is 0 Å². The maximum Gasteiger partial charge on any atom is 0.332 e. The van der Waals surface area contributed by atoms with Gasteiger partial charge in [0.15, 0.2) is 5.52 Å². The fraction of sp³-hybridized carbons (Fsp3) is 0.250. The largest absolute Gasteiger partial charge is 0.350 e. The molecule has 0 aliphatic heterocycles. The molecule has 0 unspecified atom stereocenters. The number of halogens is 1. The van der Waals surface area contributed by atoms with E-state index in [2.05, 4.69) is 9.69 Å². The summed E-state index contributed by atoms with van der Waals surface area (Å²) in [4.78, 5) is 36.8. The van der Waals surface area contributed by atoms with Gasteiger partial charge in [0.2, 0.25) is 5.91 Å². The number of carbonyl (C=O) groups is 1. The molecule has 1 N–H and O–H groups in total. The second-order valence-corrected chi connectivity index (χ2v) is 6.00. The van der Waals surface area contributed by atoms with E-state index in [1.165, 1.54) is 16.7 Å². The second kappa shape index (κ2) is 6.98. The van der Waals surface area contributed by atoms with Crippen LogP contribution < -0.4 is 16.6 Å². The number of aromatic nitrogens is 3. The van der Waals surface area contributed by atoms with E-state index in [0.717, 1.165) is 21.7 Å². The highest BCUT2D eigenvalue weighted by Gasteiger charge is 2.16. The van der Waals surface area contributed by atoms with Crippen LogP contribution in [0.3, 0.4) is 0 Å². The zero-order valence-corrected chi connectivity index (χ0v) is 14.2. The third-order valence-electron chi connectivity index (χ3n) is 3.77. The number of nitrogens with one attached hydrogen (secondary N) is 1. The summed E-state index contributed by atoms with van der Waals surface area (Å²) in [6, 6.07) is 5.76. The van der Waals surface area contributed by atoms with Crippen molar-refractivity contribution in [3.05, 3.63) is 61.9 Å². The summed E-state index contributed by atoms with van der Waals surface area (Å²) in [6.07, 6.45) is 0. The maximum absolute atomic E-state index is 12.9. The van der Waals surface area contributed by atoms with Crippen LogP contribution in [0.4, 0.5) is 4.39 Å². The SMILES string of the molecule is CCn1c(=O)c2nscc2n(CC(=O)NCc2ccc(F)cc2)c1=O. The lowest BCUT2D eigenvalue weighted by Gasteiger charge is -2.11. The molecular weight excluding hydrogens is 347 g/mol. The number of nitrogens with zero attached hydrogens (tertiary/aromatic N) is 3. The van der Waals surface area contributed by atoms with E-state index >= 15 is 0 Å². The Hall–Kier alpha value is -2.81. The minimum absolute atomic E-state index is 0.179. The Morgan fingerprint density at radius 2 is 1.96 bits per heavy atom. The topological polar surface area (TPSA) is 86.0 Å². The molecule has 0 saturated heterocycles. The zero-order chi connectivity index (χ0) is 18.0. The van der Waals surface area contributed by atoms with E-state index in [1.807, 2.05) is 0 Å². The first-order valence-corrected chi connectivity index (χ1v) is 8.43. The van der Waals surface area contributed by atoms with Crippen LogP contribution in [0.15, 0.2) is 39.2 Å². The summed E-state index contributed by atoms with van der Waals surface area (Å²) >= 11 is 1.06. The molecule has 2 heterocycles. The molecular formula is C16H15FN4O3S. The van der Waals surface area contributed by atoms with Crippen LogP contribution in [0, 0.1) is 5.82 Å². The van der Waals surface area contributed by atoms with Gasteiger partial charge in [-0.25, -0.2) is 9.18 Å². The Bertz CT molecular complexity index is 1040. The number of benzene rings is 1. The quantitative estimate of drug-likeness (QED) is 0.736. The Balaban J connectivity index is 1.84. The summed E-state index contributed by atoms with van der Waals surface area (Å²) in [7, 11) is 0. The predicted octanol–water partition coefficient (Wildman–Crippen LogP) is 1.10. The second-order valence-electron chi connectivity index (χ2n) is 5.37. The highest BCUT2D eigenvalue weighted by molar-refractivity contribution is 7.04. The van der Waals surface area contributed by atoms with Gasteiger partial charge in [-0.05, 0) is 36.2 Å². The Morgan fingerprint density at radius 3 is 2.64 bits per heavy atom. The lowest BCUT2D eigenvalue weighted by atomic mass is 10.2. The van der Waals surface area contributed by atoms with Gasteiger partial charge in [-0.2, -0.15) is 4.37 Å². The number of carbonyl (C=O) groups excluding carboxylic acids is 1. The smallest absolute Gasteiger partial charge is 0.332 e. The molecule has 25 heavy (non-hydrogen) atoms. The third-order valence-corrected chi connectivity index (χ3v) is 4.39. The fourth-order valence-corrected chi connectivity index (χ4v) is 3.14. The Labute approximate surface area is 145 Å². The van der Waals surface area contributed by atoms with Gasteiger partial charge in [-0.3, -0.25) is 18.7 Å². The molecule has 9 heteroatoms. The minimum atomic E-state index is -0.544. The van der Waals surface area contributed by atoms with Crippen molar-refractivity contribution in [1.82, 2.24) is 18.8 Å². The molecule has 1 amide bonds. The average Bonchev–Trinajstić information content (AvgIpc) is 3.08. The number of hydrogen-bond acceptors (Lipinski definition) is 5. The summed E-state index contributed by atoms with van der Waals surface area (Å²) in [5, 5.41) is 4.25. The predicted molar refractivity (Wildman–Crippen MR) is 92.1 cm³/mol. The Morgan fingerprint density at radius 1 is 1.24 bits per heavy atom. The first kappa shape index (κ1) is 17.0. The molecule has 3 rings (SSSR count). The Kier molecular flexibility index (Phi) is 4.75. The van der Waals surface area contributed by atoms with Gasteiger partial charge in [0, 0.05) is 18.5 Å². The molecule has 7 nitrogen and oxygen atoms in total. The van der Waals surface area contributed by atoms with Crippen molar-refractivity contribution < 1.29 is 9.18 Å². The van der Waals surface area contributed by atoms with Crippen molar-refractivity contribution in [1.29, 1.82) is 0 Å². The van der Waals surface area contributed by atoms with Crippen molar-refractivity contribution in [2.24, 2.45) is 0 Å².